The van der Waals surface area contributed by atoms with Crippen molar-refractivity contribution in [3.8, 4) is 0 Å². The van der Waals surface area contributed by atoms with Gasteiger partial charge in [0.25, 0.3) is 5.91 Å². The number of hydrogen-bond acceptors (Lipinski definition) is 3. The largest absolute Gasteiger partial charge is 0.342 e. The molecule has 2 saturated heterocycles. The molecule has 0 aliphatic carbocycles. The molecule has 0 N–H and O–H groups in total. The zero-order chi connectivity index (χ0) is 23.5. The second-order valence-corrected chi connectivity index (χ2v) is 10.7. The van der Waals surface area contributed by atoms with E-state index in [2.05, 4.69) is 4.90 Å². The van der Waals surface area contributed by atoms with Crippen molar-refractivity contribution in [2.75, 3.05) is 25.4 Å². The van der Waals surface area contributed by atoms with E-state index in [1.165, 1.54) is 0 Å². The summed E-state index contributed by atoms with van der Waals surface area (Å²) in [6, 6.07) is 28.0. The highest BCUT2D eigenvalue weighted by Gasteiger charge is 2.47. The Morgan fingerprint density at radius 3 is 2.03 bits per heavy atom. The number of likely N-dealkylation sites (tertiary alicyclic amines) is 1. The predicted molar refractivity (Wildman–Crippen MR) is 138 cm³/mol. The van der Waals surface area contributed by atoms with Crippen LogP contribution < -0.4 is 0 Å². The summed E-state index contributed by atoms with van der Waals surface area (Å²) in [6.07, 6.45) is 1.61. The van der Waals surface area contributed by atoms with E-state index in [-0.39, 0.29) is 22.6 Å². The van der Waals surface area contributed by atoms with Gasteiger partial charge in [-0.2, -0.15) is 0 Å². The molecular formula is C29H30N2O2S. The monoisotopic (exact) mass is 470 g/mol. The van der Waals surface area contributed by atoms with Crippen molar-refractivity contribution in [3.63, 3.8) is 0 Å². The number of aryl methyl sites for hydroxylation is 1. The van der Waals surface area contributed by atoms with Crippen molar-refractivity contribution < 1.29 is 9.59 Å². The van der Waals surface area contributed by atoms with Crippen LogP contribution in [0.1, 0.15) is 45.8 Å². The van der Waals surface area contributed by atoms with Crippen molar-refractivity contribution in [2.45, 2.75) is 30.6 Å². The molecular weight excluding hydrogens is 440 g/mol. The maximum absolute atomic E-state index is 13.8. The van der Waals surface area contributed by atoms with Crippen LogP contribution in [0.4, 0.5) is 0 Å². The zero-order valence-corrected chi connectivity index (χ0v) is 20.3. The molecule has 34 heavy (non-hydrogen) atoms. The number of carbonyl (C=O) groups excluding carboxylic acids is 2. The van der Waals surface area contributed by atoms with Gasteiger partial charge in [-0.3, -0.25) is 9.59 Å². The quantitative estimate of drug-likeness (QED) is 0.517. The highest BCUT2D eigenvalue weighted by atomic mass is 32.2. The number of carbonyl (C=O) groups is 2. The first-order valence-electron chi connectivity index (χ1n) is 12.0. The molecule has 5 rings (SSSR count). The predicted octanol–water partition coefficient (Wildman–Crippen LogP) is 5.33. The third-order valence-corrected chi connectivity index (χ3v) is 8.61. The lowest BCUT2D eigenvalue weighted by molar-refractivity contribution is -0.133. The second kappa shape index (κ2) is 9.67. The van der Waals surface area contributed by atoms with Gasteiger partial charge in [0.2, 0.25) is 5.91 Å². The van der Waals surface area contributed by atoms with Gasteiger partial charge in [0, 0.05) is 31.0 Å². The molecule has 2 aliphatic heterocycles. The first kappa shape index (κ1) is 22.7. The van der Waals surface area contributed by atoms with Gasteiger partial charge < -0.3 is 9.80 Å². The van der Waals surface area contributed by atoms with Gasteiger partial charge in [0.1, 0.15) is 0 Å². The molecule has 2 aliphatic rings. The molecule has 0 radical (unpaired) electrons. The molecule has 0 bridgehead atoms. The minimum atomic E-state index is -0.308. The molecule has 5 heteroatoms. The van der Waals surface area contributed by atoms with Crippen molar-refractivity contribution >= 4 is 23.6 Å². The highest BCUT2D eigenvalue weighted by Crippen LogP contribution is 2.45. The van der Waals surface area contributed by atoms with E-state index >= 15 is 0 Å². The third kappa shape index (κ3) is 4.37. The van der Waals surface area contributed by atoms with E-state index in [4.69, 9.17) is 0 Å². The van der Waals surface area contributed by atoms with Crippen LogP contribution in [0, 0.1) is 6.92 Å². The molecule has 3 aromatic rings. The summed E-state index contributed by atoms with van der Waals surface area (Å²) in [4.78, 5) is 31.1. The van der Waals surface area contributed by atoms with Gasteiger partial charge in [0.15, 0.2) is 0 Å². The lowest BCUT2D eigenvalue weighted by Crippen LogP contribution is -2.54. The Balaban J connectivity index is 1.34. The minimum absolute atomic E-state index is 0.111. The van der Waals surface area contributed by atoms with Crippen LogP contribution in [0.3, 0.4) is 0 Å². The molecule has 2 amide bonds. The van der Waals surface area contributed by atoms with E-state index < -0.39 is 0 Å². The SMILES string of the molecule is Cc1cccc(C(=O)N2CCSC23CCN(C(=O)C(c2ccccc2)c2ccccc2)CC3)c1. The van der Waals surface area contributed by atoms with Gasteiger partial charge >= 0.3 is 0 Å². The fraction of sp³-hybridized carbons (Fsp3) is 0.310. The molecule has 0 aromatic heterocycles. The standard InChI is InChI=1S/C29H30N2O2S/c1-22-9-8-14-25(21-22)27(32)31-19-20-34-29(31)15-17-30(18-16-29)28(33)26(23-10-4-2-5-11-23)24-12-6-3-7-13-24/h2-14,21,26H,15-20H2,1H3. The Kier molecular flexibility index (Phi) is 6.46. The van der Waals surface area contributed by atoms with Crippen molar-refractivity contribution in [1.82, 2.24) is 9.80 Å². The molecule has 2 fully saturated rings. The number of thioether (sulfide) groups is 1. The average molecular weight is 471 g/mol. The van der Waals surface area contributed by atoms with E-state index in [1.54, 1.807) is 0 Å². The zero-order valence-electron chi connectivity index (χ0n) is 19.5. The normalized spacial score (nSPS) is 17.4. The van der Waals surface area contributed by atoms with E-state index in [0.29, 0.717) is 13.1 Å². The lowest BCUT2D eigenvalue weighted by atomic mass is 9.89. The first-order valence-corrected chi connectivity index (χ1v) is 13.0. The minimum Gasteiger partial charge on any atom is -0.342 e. The first-order chi connectivity index (χ1) is 16.6. The maximum Gasteiger partial charge on any atom is 0.255 e. The van der Waals surface area contributed by atoms with Crippen LogP contribution in [0.2, 0.25) is 0 Å². The lowest BCUT2D eigenvalue weighted by Gasteiger charge is -2.44. The summed E-state index contributed by atoms with van der Waals surface area (Å²) < 4.78 is 0. The van der Waals surface area contributed by atoms with Crippen molar-refractivity contribution in [2.24, 2.45) is 0 Å². The van der Waals surface area contributed by atoms with Gasteiger partial charge in [-0.1, -0.05) is 78.4 Å². The van der Waals surface area contributed by atoms with Crippen LogP contribution in [0.15, 0.2) is 84.9 Å². The summed E-state index contributed by atoms with van der Waals surface area (Å²) in [5.74, 6) is 0.895. The Bertz CT molecular complexity index is 1120. The fourth-order valence-electron chi connectivity index (χ4n) is 5.27. The summed E-state index contributed by atoms with van der Waals surface area (Å²) in [7, 11) is 0. The van der Waals surface area contributed by atoms with Crippen molar-refractivity contribution in [3.05, 3.63) is 107 Å². The van der Waals surface area contributed by atoms with Crippen molar-refractivity contribution in [1.29, 1.82) is 0 Å². The smallest absolute Gasteiger partial charge is 0.255 e. The fourth-order valence-corrected chi connectivity index (χ4v) is 6.73. The number of amides is 2. The van der Waals surface area contributed by atoms with E-state index in [0.717, 1.165) is 47.4 Å². The highest BCUT2D eigenvalue weighted by molar-refractivity contribution is 8.00. The van der Waals surface area contributed by atoms with Crippen LogP contribution in [-0.4, -0.2) is 51.9 Å². The third-order valence-electron chi connectivity index (χ3n) is 7.06. The summed E-state index contributed by atoms with van der Waals surface area (Å²) >= 11 is 1.88. The van der Waals surface area contributed by atoms with E-state index in [9.17, 15) is 9.59 Å². The van der Waals surface area contributed by atoms with E-state index in [1.807, 2.05) is 109 Å². The Morgan fingerprint density at radius 1 is 0.824 bits per heavy atom. The number of hydrogen-bond donors (Lipinski definition) is 0. The number of rotatable bonds is 4. The van der Waals surface area contributed by atoms with Gasteiger partial charge in [-0.15, -0.1) is 11.8 Å². The van der Waals surface area contributed by atoms with Crippen LogP contribution in [-0.2, 0) is 4.79 Å². The number of benzene rings is 3. The number of nitrogens with zero attached hydrogens (tertiary/aromatic N) is 2. The Hall–Kier alpha value is -3.05. The Labute approximate surface area is 206 Å². The van der Waals surface area contributed by atoms with Gasteiger partial charge in [0.05, 0.1) is 10.8 Å². The molecule has 174 valence electrons. The molecule has 0 saturated carbocycles. The Morgan fingerprint density at radius 2 is 1.44 bits per heavy atom. The molecule has 2 heterocycles. The van der Waals surface area contributed by atoms with Gasteiger partial charge in [-0.05, 0) is 43.0 Å². The van der Waals surface area contributed by atoms with Gasteiger partial charge in [-0.25, -0.2) is 0 Å². The van der Waals surface area contributed by atoms with Crippen LogP contribution in [0.5, 0.6) is 0 Å². The number of piperidine rings is 1. The topological polar surface area (TPSA) is 40.6 Å². The van der Waals surface area contributed by atoms with Crippen LogP contribution in [0.25, 0.3) is 0 Å². The molecule has 3 aromatic carbocycles. The average Bonchev–Trinajstić information content (AvgIpc) is 3.28. The summed E-state index contributed by atoms with van der Waals surface area (Å²) in [6.45, 7) is 4.12. The molecule has 1 spiro atoms. The summed E-state index contributed by atoms with van der Waals surface area (Å²) in [5.41, 5.74) is 3.89. The second-order valence-electron chi connectivity index (χ2n) is 9.20. The van der Waals surface area contributed by atoms with Crippen LogP contribution >= 0.6 is 11.8 Å². The molecule has 0 atom stereocenters. The molecule has 0 unspecified atom stereocenters. The summed E-state index contributed by atoms with van der Waals surface area (Å²) in [5, 5.41) is 0. The maximum atomic E-state index is 13.8. The molecule has 4 nitrogen and oxygen atoms in total.